The number of benzene rings is 1. The quantitative estimate of drug-likeness (QED) is 0.688. The molecule has 0 unspecified atom stereocenters. The third-order valence-corrected chi connectivity index (χ3v) is 4.25. The molecular weight excluding hydrogens is 320 g/mol. The molecule has 7 nitrogen and oxygen atoms in total. The number of hydrogen-bond acceptors (Lipinski definition) is 5. The van der Waals surface area contributed by atoms with Crippen molar-refractivity contribution in [3.05, 3.63) is 47.2 Å². The number of furan rings is 1. The van der Waals surface area contributed by atoms with Crippen LogP contribution < -0.4 is 0 Å². The van der Waals surface area contributed by atoms with Gasteiger partial charge in [0, 0.05) is 31.7 Å². The molecule has 0 aliphatic carbocycles. The van der Waals surface area contributed by atoms with Crippen molar-refractivity contribution in [3.8, 4) is 0 Å². The number of nitrogens with zero attached hydrogens (tertiary/aromatic N) is 4. The molecule has 1 amide bonds. The summed E-state index contributed by atoms with van der Waals surface area (Å²) >= 11 is 0. The van der Waals surface area contributed by atoms with Gasteiger partial charge in [0.1, 0.15) is 11.9 Å². The van der Waals surface area contributed by atoms with Gasteiger partial charge in [-0.1, -0.05) is 12.1 Å². The van der Waals surface area contributed by atoms with E-state index in [-0.39, 0.29) is 5.91 Å². The van der Waals surface area contributed by atoms with Crippen molar-refractivity contribution in [2.24, 2.45) is 0 Å². The summed E-state index contributed by atoms with van der Waals surface area (Å²) in [4.78, 5) is 14.4. The van der Waals surface area contributed by atoms with Crippen LogP contribution in [0.2, 0.25) is 0 Å². The van der Waals surface area contributed by atoms with Crippen LogP contribution in [0.25, 0.3) is 11.0 Å². The smallest absolute Gasteiger partial charge is 0.290 e. The highest BCUT2D eigenvalue weighted by Gasteiger charge is 2.22. The number of fused-ring (bicyclic) bond motifs is 1. The molecule has 0 saturated heterocycles. The van der Waals surface area contributed by atoms with E-state index in [0.717, 1.165) is 22.1 Å². The number of amides is 1. The molecule has 3 rings (SSSR count). The number of ether oxygens (including phenoxy) is 1. The number of aromatic nitrogens is 3. The summed E-state index contributed by atoms with van der Waals surface area (Å²) < 4.78 is 12.8. The SMILES string of the molecule is COCCn1cnnc1CN(C)C(=O)c1oc2cc(C)ccc2c1C. The predicted molar refractivity (Wildman–Crippen MR) is 93.4 cm³/mol. The van der Waals surface area contributed by atoms with Crippen LogP contribution in [0.3, 0.4) is 0 Å². The molecule has 0 spiro atoms. The maximum Gasteiger partial charge on any atom is 0.290 e. The molecule has 2 aromatic heterocycles. The Bertz CT molecular complexity index is 897. The molecule has 132 valence electrons. The standard InChI is InChI=1S/C18H22N4O3/c1-12-5-6-14-13(2)17(25-15(14)9-12)18(23)21(3)10-16-20-19-11-22(16)7-8-24-4/h5-6,9,11H,7-8,10H2,1-4H3. The van der Waals surface area contributed by atoms with Crippen LogP contribution in [0.4, 0.5) is 0 Å². The van der Waals surface area contributed by atoms with Gasteiger partial charge in [-0.2, -0.15) is 0 Å². The lowest BCUT2D eigenvalue weighted by atomic mass is 10.1. The Labute approximate surface area is 146 Å². The number of methoxy groups -OCH3 is 1. The number of carbonyl (C=O) groups excluding carboxylic acids is 1. The second kappa shape index (κ2) is 7.06. The molecule has 0 fully saturated rings. The van der Waals surface area contributed by atoms with Gasteiger partial charge in [-0.3, -0.25) is 4.79 Å². The van der Waals surface area contributed by atoms with Crippen LogP contribution in [0.1, 0.15) is 27.5 Å². The lowest BCUT2D eigenvalue weighted by Gasteiger charge is -2.16. The Hall–Kier alpha value is -2.67. The first-order valence-corrected chi connectivity index (χ1v) is 8.12. The Morgan fingerprint density at radius 1 is 1.36 bits per heavy atom. The average molecular weight is 342 g/mol. The van der Waals surface area contributed by atoms with Gasteiger partial charge in [-0.05, 0) is 25.5 Å². The molecule has 0 saturated carbocycles. The highest BCUT2D eigenvalue weighted by molar-refractivity contribution is 5.98. The minimum Gasteiger partial charge on any atom is -0.451 e. The van der Waals surface area contributed by atoms with E-state index >= 15 is 0 Å². The zero-order chi connectivity index (χ0) is 18.0. The topological polar surface area (TPSA) is 73.4 Å². The van der Waals surface area contributed by atoms with Crippen molar-refractivity contribution in [1.82, 2.24) is 19.7 Å². The van der Waals surface area contributed by atoms with Gasteiger partial charge in [-0.15, -0.1) is 10.2 Å². The Balaban J connectivity index is 1.81. The zero-order valence-corrected chi connectivity index (χ0v) is 14.9. The maximum absolute atomic E-state index is 12.8. The van der Waals surface area contributed by atoms with Gasteiger partial charge in [0.25, 0.3) is 5.91 Å². The molecule has 0 aliphatic rings. The van der Waals surface area contributed by atoms with Crippen LogP contribution >= 0.6 is 0 Å². The average Bonchev–Trinajstić information content (AvgIpc) is 3.16. The van der Waals surface area contributed by atoms with Crippen molar-refractivity contribution in [2.45, 2.75) is 26.9 Å². The number of carbonyl (C=O) groups is 1. The van der Waals surface area contributed by atoms with Crippen molar-refractivity contribution < 1.29 is 13.9 Å². The zero-order valence-electron chi connectivity index (χ0n) is 14.9. The summed E-state index contributed by atoms with van der Waals surface area (Å²) in [6.45, 7) is 5.45. The van der Waals surface area contributed by atoms with Gasteiger partial charge in [0.2, 0.25) is 0 Å². The summed E-state index contributed by atoms with van der Waals surface area (Å²) in [5, 5.41) is 8.98. The first-order valence-electron chi connectivity index (χ1n) is 8.12. The van der Waals surface area contributed by atoms with Crippen LogP contribution in [-0.4, -0.2) is 46.3 Å². The summed E-state index contributed by atoms with van der Waals surface area (Å²) in [6.07, 6.45) is 1.64. The fourth-order valence-electron chi connectivity index (χ4n) is 2.77. The monoisotopic (exact) mass is 342 g/mol. The summed E-state index contributed by atoms with van der Waals surface area (Å²) in [5.74, 6) is 0.899. The van der Waals surface area contributed by atoms with Crippen molar-refractivity contribution >= 4 is 16.9 Å². The molecular formula is C18H22N4O3. The maximum atomic E-state index is 12.8. The Morgan fingerprint density at radius 2 is 2.16 bits per heavy atom. The van der Waals surface area contributed by atoms with Gasteiger partial charge >= 0.3 is 0 Å². The lowest BCUT2D eigenvalue weighted by molar-refractivity contribution is 0.0749. The van der Waals surface area contributed by atoms with Gasteiger partial charge in [-0.25, -0.2) is 0 Å². The van der Waals surface area contributed by atoms with E-state index in [1.54, 1.807) is 25.4 Å². The molecule has 0 radical (unpaired) electrons. The normalized spacial score (nSPS) is 11.2. The van der Waals surface area contributed by atoms with E-state index < -0.39 is 0 Å². The fourth-order valence-corrected chi connectivity index (χ4v) is 2.77. The molecule has 0 aliphatic heterocycles. The van der Waals surface area contributed by atoms with Gasteiger partial charge in [0.05, 0.1) is 13.2 Å². The van der Waals surface area contributed by atoms with E-state index in [1.165, 1.54) is 0 Å². The molecule has 3 aromatic rings. The molecule has 7 heteroatoms. The largest absolute Gasteiger partial charge is 0.451 e. The van der Waals surface area contributed by atoms with Gasteiger partial charge in [0.15, 0.2) is 11.6 Å². The third kappa shape index (κ3) is 3.41. The highest BCUT2D eigenvalue weighted by atomic mass is 16.5. The van der Waals surface area contributed by atoms with E-state index in [2.05, 4.69) is 10.2 Å². The summed E-state index contributed by atoms with van der Waals surface area (Å²) in [5.41, 5.74) is 2.69. The molecule has 0 bridgehead atoms. The molecule has 0 atom stereocenters. The third-order valence-electron chi connectivity index (χ3n) is 4.25. The fraction of sp³-hybridized carbons (Fsp3) is 0.389. The molecule has 1 aromatic carbocycles. The van der Waals surface area contributed by atoms with E-state index in [1.807, 2.05) is 36.6 Å². The highest BCUT2D eigenvalue weighted by Crippen LogP contribution is 2.27. The first-order chi connectivity index (χ1) is 12.0. The number of hydrogen-bond donors (Lipinski definition) is 0. The van der Waals surface area contributed by atoms with Gasteiger partial charge < -0.3 is 18.6 Å². The lowest BCUT2D eigenvalue weighted by Crippen LogP contribution is -2.28. The second-order valence-corrected chi connectivity index (χ2v) is 6.15. The Kier molecular flexibility index (Phi) is 4.85. The van der Waals surface area contributed by atoms with Crippen LogP contribution in [0, 0.1) is 13.8 Å². The van der Waals surface area contributed by atoms with Crippen molar-refractivity contribution in [1.29, 1.82) is 0 Å². The Morgan fingerprint density at radius 3 is 2.92 bits per heavy atom. The van der Waals surface area contributed by atoms with Crippen molar-refractivity contribution in [2.75, 3.05) is 20.8 Å². The van der Waals surface area contributed by atoms with Crippen LogP contribution in [0.5, 0.6) is 0 Å². The molecule has 2 heterocycles. The minimum absolute atomic E-state index is 0.173. The predicted octanol–water partition coefficient (Wildman–Crippen LogP) is 2.56. The van der Waals surface area contributed by atoms with E-state index in [0.29, 0.717) is 31.3 Å². The molecule has 25 heavy (non-hydrogen) atoms. The summed E-state index contributed by atoms with van der Waals surface area (Å²) in [6, 6.07) is 5.95. The van der Waals surface area contributed by atoms with E-state index in [9.17, 15) is 4.79 Å². The minimum atomic E-state index is -0.173. The number of rotatable bonds is 6. The van der Waals surface area contributed by atoms with E-state index in [4.69, 9.17) is 9.15 Å². The van der Waals surface area contributed by atoms with Crippen molar-refractivity contribution in [3.63, 3.8) is 0 Å². The van der Waals surface area contributed by atoms with Crippen LogP contribution in [-0.2, 0) is 17.8 Å². The second-order valence-electron chi connectivity index (χ2n) is 6.15. The number of aryl methyl sites for hydroxylation is 2. The first kappa shape index (κ1) is 17.2. The molecule has 0 N–H and O–H groups in total. The van der Waals surface area contributed by atoms with Crippen LogP contribution in [0.15, 0.2) is 28.9 Å². The summed E-state index contributed by atoms with van der Waals surface area (Å²) in [7, 11) is 3.38.